The van der Waals surface area contributed by atoms with Crippen LogP contribution in [0.4, 0.5) is 4.79 Å². The Morgan fingerprint density at radius 3 is 2.00 bits per heavy atom. The summed E-state index contributed by atoms with van der Waals surface area (Å²) in [7, 11) is 0. The first-order valence-electron chi connectivity index (χ1n) is 7.45. The summed E-state index contributed by atoms with van der Waals surface area (Å²) in [5, 5.41) is 19.8. The topological polar surface area (TPSA) is 60.8 Å². The number of piperidine rings is 1. The molecule has 1 aliphatic heterocycles. The van der Waals surface area contributed by atoms with Gasteiger partial charge in [0.2, 0.25) is 0 Å². The molecule has 1 fully saturated rings. The molecule has 0 aromatic heterocycles. The van der Waals surface area contributed by atoms with Gasteiger partial charge in [-0.05, 0) is 29.5 Å². The van der Waals surface area contributed by atoms with Crippen LogP contribution in [0, 0.1) is 0 Å². The van der Waals surface area contributed by atoms with Crippen molar-refractivity contribution in [2.24, 2.45) is 0 Å². The molecule has 3 rings (SSSR count). The molecule has 2 N–H and O–H groups in total. The van der Waals surface area contributed by atoms with E-state index in [4.69, 9.17) is 5.11 Å². The largest absolute Gasteiger partial charge is 0.465 e. The molecule has 114 valence electrons. The lowest BCUT2D eigenvalue weighted by Gasteiger charge is -2.37. The highest BCUT2D eigenvalue weighted by Gasteiger charge is 2.35. The number of likely N-dealkylation sites (tertiary alicyclic amines) is 1. The van der Waals surface area contributed by atoms with Crippen LogP contribution < -0.4 is 0 Å². The van der Waals surface area contributed by atoms with Gasteiger partial charge in [0.25, 0.3) is 0 Å². The Morgan fingerprint density at radius 1 is 0.909 bits per heavy atom. The maximum atomic E-state index is 10.9. The van der Waals surface area contributed by atoms with E-state index in [1.165, 1.54) is 4.90 Å². The van der Waals surface area contributed by atoms with E-state index in [1.54, 1.807) is 0 Å². The summed E-state index contributed by atoms with van der Waals surface area (Å²) in [4.78, 5) is 12.3. The monoisotopic (exact) mass is 297 g/mol. The van der Waals surface area contributed by atoms with Crippen molar-refractivity contribution in [1.29, 1.82) is 0 Å². The quantitative estimate of drug-likeness (QED) is 0.894. The third-order valence-electron chi connectivity index (χ3n) is 4.39. The van der Waals surface area contributed by atoms with Gasteiger partial charge in [0.15, 0.2) is 0 Å². The highest BCUT2D eigenvalue weighted by Crippen LogP contribution is 2.34. The van der Waals surface area contributed by atoms with Gasteiger partial charge < -0.3 is 15.1 Å². The van der Waals surface area contributed by atoms with Crippen LogP contribution in [-0.2, 0) is 5.60 Å². The molecule has 0 spiro atoms. The fraction of sp³-hybridized carbons (Fsp3) is 0.278. The molecule has 22 heavy (non-hydrogen) atoms. The summed E-state index contributed by atoms with van der Waals surface area (Å²) in [5.41, 5.74) is 2.18. The summed E-state index contributed by atoms with van der Waals surface area (Å²) in [5.74, 6) is 0. The van der Waals surface area contributed by atoms with Crippen molar-refractivity contribution >= 4 is 6.09 Å². The Kier molecular flexibility index (Phi) is 3.86. The number of hydrogen-bond acceptors (Lipinski definition) is 2. The van der Waals surface area contributed by atoms with Gasteiger partial charge in [-0.3, -0.25) is 0 Å². The molecular formula is C18H19NO3. The zero-order valence-corrected chi connectivity index (χ0v) is 12.3. The fourth-order valence-electron chi connectivity index (χ4n) is 2.96. The number of aliphatic hydroxyl groups is 1. The van der Waals surface area contributed by atoms with Crippen LogP contribution in [-0.4, -0.2) is 34.3 Å². The van der Waals surface area contributed by atoms with E-state index in [0.717, 1.165) is 16.7 Å². The van der Waals surface area contributed by atoms with Gasteiger partial charge in [-0.2, -0.15) is 0 Å². The fourth-order valence-corrected chi connectivity index (χ4v) is 2.96. The minimum atomic E-state index is -0.929. The molecule has 0 saturated carbocycles. The number of carboxylic acid groups (broad SMARTS) is 1. The molecule has 4 nitrogen and oxygen atoms in total. The average Bonchev–Trinajstić information content (AvgIpc) is 2.56. The molecule has 0 bridgehead atoms. The van der Waals surface area contributed by atoms with E-state index in [-0.39, 0.29) is 0 Å². The lowest BCUT2D eigenvalue weighted by molar-refractivity contribution is -0.0213. The Labute approximate surface area is 129 Å². The number of benzene rings is 2. The number of rotatable bonds is 2. The van der Waals surface area contributed by atoms with Gasteiger partial charge in [0.05, 0.1) is 5.60 Å². The van der Waals surface area contributed by atoms with Crippen LogP contribution in [0.5, 0.6) is 0 Å². The lowest BCUT2D eigenvalue weighted by Crippen LogP contribution is -2.44. The summed E-state index contributed by atoms with van der Waals surface area (Å²) in [6, 6.07) is 18.0. The SMILES string of the molecule is O=C(O)N1CCC(O)(c2ccc(-c3ccccc3)cc2)CC1. The van der Waals surface area contributed by atoms with Gasteiger partial charge in [0.1, 0.15) is 0 Å². The molecular weight excluding hydrogens is 278 g/mol. The molecule has 2 aromatic carbocycles. The Hall–Kier alpha value is -2.33. The molecule has 2 aromatic rings. The van der Waals surface area contributed by atoms with E-state index < -0.39 is 11.7 Å². The second-order valence-corrected chi connectivity index (χ2v) is 5.74. The van der Waals surface area contributed by atoms with Crippen molar-refractivity contribution in [3.63, 3.8) is 0 Å². The Morgan fingerprint density at radius 2 is 1.45 bits per heavy atom. The summed E-state index contributed by atoms with van der Waals surface area (Å²) in [6.07, 6.45) is -0.0463. The Bertz CT molecular complexity index is 644. The predicted molar refractivity (Wildman–Crippen MR) is 84.6 cm³/mol. The number of amides is 1. The molecule has 0 aliphatic carbocycles. The molecule has 1 heterocycles. The number of carbonyl (C=O) groups is 1. The Balaban J connectivity index is 1.77. The normalized spacial score (nSPS) is 17.2. The maximum Gasteiger partial charge on any atom is 0.407 e. The molecule has 1 aliphatic rings. The summed E-state index contributed by atoms with van der Waals surface area (Å²) in [6.45, 7) is 0.735. The first-order valence-corrected chi connectivity index (χ1v) is 7.45. The molecule has 0 radical (unpaired) electrons. The predicted octanol–water partition coefficient (Wildman–Crippen LogP) is 3.32. The molecule has 0 atom stereocenters. The molecule has 0 unspecified atom stereocenters. The van der Waals surface area contributed by atoms with Gasteiger partial charge in [-0.1, -0.05) is 54.6 Å². The average molecular weight is 297 g/mol. The maximum absolute atomic E-state index is 10.9. The number of hydrogen-bond donors (Lipinski definition) is 2. The first-order chi connectivity index (χ1) is 10.6. The van der Waals surface area contributed by atoms with Gasteiger partial charge in [0, 0.05) is 13.1 Å². The van der Waals surface area contributed by atoms with Crippen molar-refractivity contribution < 1.29 is 15.0 Å². The highest BCUT2D eigenvalue weighted by molar-refractivity contribution is 5.65. The van der Waals surface area contributed by atoms with Gasteiger partial charge >= 0.3 is 6.09 Å². The first kappa shape index (κ1) is 14.6. The third-order valence-corrected chi connectivity index (χ3v) is 4.39. The van der Waals surface area contributed by atoms with E-state index in [1.807, 2.05) is 42.5 Å². The number of nitrogens with zero attached hydrogens (tertiary/aromatic N) is 1. The van der Waals surface area contributed by atoms with Crippen LogP contribution in [0.1, 0.15) is 18.4 Å². The van der Waals surface area contributed by atoms with Crippen molar-refractivity contribution in [3.05, 3.63) is 60.2 Å². The van der Waals surface area contributed by atoms with Crippen molar-refractivity contribution in [1.82, 2.24) is 4.90 Å². The van der Waals surface area contributed by atoms with E-state index in [0.29, 0.717) is 25.9 Å². The standard InChI is InChI=1S/C18H19NO3/c20-17(21)19-12-10-18(22,11-13-19)16-8-6-15(7-9-16)14-4-2-1-3-5-14/h1-9,22H,10-13H2,(H,20,21). The van der Waals surface area contributed by atoms with Gasteiger partial charge in [-0.25, -0.2) is 4.79 Å². The minimum Gasteiger partial charge on any atom is -0.465 e. The second-order valence-electron chi connectivity index (χ2n) is 5.74. The van der Waals surface area contributed by atoms with Crippen LogP contribution in [0.2, 0.25) is 0 Å². The van der Waals surface area contributed by atoms with Crippen LogP contribution >= 0.6 is 0 Å². The minimum absolute atomic E-state index is 0.367. The van der Waals surface area contributed by atoms with E-state index in [9.17, 15) is 9.90 Å². The summed E-state index contributed by atoms with van der Waals surface area (Å²) >= 11 is 0. The third kappa shape index (κ3) is 2.83. The van der Waals surface area contributed by atoms with Crippen LogP contribution in [0.15, 0.2) is 54.6 Å². The second kappa shape index (κ2) is 5.81. The van der Waals surface area contributed by atoms with E-state index in [2.05, 4.69) is 12.1 Å². The summed E-state index contributed by atoms with van der Waals surface area (Å²) < 4.78 is 0. The smallest absolute Gasteiger partial charge is 0.407 e. The van der Waals surface area contributed by atoms with E-state index >= 15 is 0 Å². The zero-order chi connectivity index (χ0) is 15.6. The van der Waals surface area contributed by atoms with Crippen LogP contribution in [0.3, 0.4) is 0 Å². The zero-order valence-electron chi connectivity index (χ0n) is 12.3. The van der Waals surface area contributed by atoms with Crippen molar-refractivity contribution in [3.8, 4) is 11.1 Å². The molecule has 1 saturated heterocycles. The molecule has 1 amide bonds. The van der Waals surface area contributed by atoms with Crippen molar-refractivity contribution in [2.45, 2.75) is 18.4 Å². The van der Waals surface area contributed by atoms with Crippen LogP contribution in [0.25, 0.3) is 11.1 Å². The lowest BCUT2D eigenvalue weighted by atomic mass is 9.84. The molecule has 4 heteroatoms. The van der Waals surface area contributed by atoms with Crippen molar-refractivity contribution in [2.75, 3.05) is 13.1 Å². The highest BCUT2D eigenvalue weighted by atomic mass is 16.4. The van der Waals surface area contributed by atoms with Gasteiger partial charge in [-0.15, -0.1) is 0 Å².